The summed E-state index contributed by atoms with van der Waals surface area (Å²) in [6.07, 6.45) is 1.31. The summed E-state index contributed by atoms with van der Waals surface area (Å²) in [6.45, 7) is 9.97. The summed E-state index contributed by atoms with van der Waals surface area (Å²) in [5.41, 5.74) is 2.95. The van der Waals surface area contributed by atoms with E-state index in [-0.39, 0.29) is 31.0 Å². The number of halogens is 1. The van der Waals surface area contributed by atoms with Crippen LogP contribution in [0.4, 0.5) is 0 Å². The minimum atomic E-state index is -0.602. The molecule has 0 fully saturated rings. The molecule has 2 amide bonds. The van der Waals surface area contributed by atoms with E-state index >= 15 is 0 Å². The Hall–Kier alpha value is -2.54. The number of nitrogens with one attached hydrogen (secondary N) is 1. The number of methoxy groups -OCH3 is 1. The maximum Gasteiger partial charge on any atom is 0.261 e. The summed E-state index contributed by atoms with van der Waals surface area (Å²) in [7, 11) is 1.60. The third-order valence-electron chi connectivity index (χ3n) is 5.65. The summed E-state index contributed by atoms with van der Waals surface area (Å²) >= 11 is 3.55. The Morgan fingerprint density at radius 1 is 1.06 bits per heavy atom. The van der Waals surface area contributed by atoms with Gasteiger partial charge < -0.3 is 19.7 Å². The molecular formula is C26H35BrN2O4. The largest absolute Gasteiger partial charge is 0.497 e. The monoisotopic (exact) mass is 518 g/mol. The molecule has 33 heavy (non-hydrogen) atoms. The topological polar surface area (TPSA) is 67.9 Å². The van der Waals surface area contributed by atoms with Crippen LogP contribution in [0.2, 0.25) is 0 Å². The summed E-state index contributed by atoms with van der Waals surface area (Å²) in [5.74, 6) is 0.926. The van der Waals surface area contributed by atoms with Crippen molar-refractivity contribution < 1.29 is 19.1 Å². The van der Waals surface area contributed by atoms with Gasteiger partial charge in [0.25, 0.3) is 5.91 Å². The highest BCUT2D eigenvalue weighted by Crippen LogP contribution is 2.26. The standard InChI is InChI=1S/C26H35BrN2O4/c1-7-19(5)28-26(31)23(8-2)29(15-20-10-9-11-21(14-20)32-6)24(30)16-33-22-12-17(3)25(27)18(4)13-22/h9-14,19,23H,7-8,15-16H2,1-6H3,(H,28,31)/t19-,23+/m0/s1. The van der Waals surface area contributed by atoms with Crippen molar-refractivity contribution in [1.82, 2.24) is 10.2 Å². The van der Waals surface area contributed by atoms with Gasteiger partial charge in [0.2, 0.25) is 5.91 Å². The zero-order valence-electron chi connectivity index (χ0n) is 20.4. The molecule has 0 saturated heterocycles. The second-order valence-corrected chi connectivity index (χ2v) is 9.07. The normalized spacial score (nSPS) is 12.6. The quantitative estimate of drug-likeness (QED) is 0.445. The molecule has 2 rings (SSSR count). The van der Waals surface area contributed by atoms with Crippen molar-refractivity contribution in [3.63, 3.8) is 0 Å². The minimum Gasteiger partial charge on any atom is -0.497 e. The Balaban J connectivity index is 2.27. The SMILES string of the molecule is CC[C@H](C(=O)N[C@@H](C)CC)N(Cc1cccc(OC)c1)C(=O)COc1cc(C)c(Br)c(C)c1. The third-order valence-corrected chi connectivity index (χ3v) is 6.90. The summed E-state index contributed by atoms with van der Waals surface area (Å²) in [4.78, 5) is 28.0. The van der Waals surface area contributed by atoms with Crippen molar-refractivity contribution in [1.29, 1.82) is 0 Å². The molecule has 180 valence electrons. The maximum atomic E-state index is 13.4. The van der Waals surface area contributed by atoms with Crippen LogP contribution in [-0.4, -0.2) is 42.5 Å². The molecule has 0 saturated carbocycles. The first-order valence-electron chi connectivity index (χ1n) is 11.3. The van der Waals surface area contributed by atoms with Gasteiger partial charge in [0.05, 0.1) is 7.11 Å². The molecular weight excluding hydrogens is 484 g/mol. The summed E-state index contributed by atoms with van der Waals surface area (Å²) in [5, 5.41) is 3.02. The number of carbonyl (C=O) groups is 2. The van der Waals surface area contributed by atoms with Crippen molar-refractivity contribution in [3.8, 4) is 11.5 Å². The van der Waals surface area contributed by atoms with Crippen LogP contribution in [0.3, 0.4) is 0 Å². The van der Waals surface area contributed by atoms with Crippen LogP contribution in [0.1, 0.15) is 50.3 Å². The predicted octanol–water partition coefficient (Wildman–Crippen LogP) is 5.18. The van der Waals surface area contributed by atoms with Crippen LogP contribution in [0.15, 0.2) is 40.9 Å². The zero-order valence-corrected chi connectivity index (χ0v) is 22.0. The lowest BCUT2D eigenvalue weighted by molar-refractivity contribution is -0.143. The first-order valence-corrected chi connectivity index (χ1v) is 12.1. The number of carbonyl (C=O) groups excluding carboxylic acids is 2. The minimum absolute atomic E-state index is 0.0327. The van der Waals surface area contributed by atoms with Gasteiger partial charge in [-0.1, -0.05) is 41.9 Å². The highest BCUT2D eigenvalue weighted by Gasteiger charge is 2.29. The molecule has 0 aliphatic rings. The zero-order chi connectivity index (χ0) is 24.5. The fourth-order valence-electron chi connectivity index (χ4n) is 3.55. The average Bonchev–Trinajstić information content (AvgIpc) is 2.80. The van der Waals surface area contributed by atoms with E-state index in [0.717, 1.165) is 27.6 Å². The second kappa shape index (κ2) is 12.6. The molecule has 0 aliphatic carbocycles. The number of hydrogen-bond acceptors (Lipinski definition) is 4. The molecule has 2 aromatic carbocycles. The first-order chi connectivity index (χ1) is 15.7. The number of ether oxygens (including phenoxy) is 2. The van der Waals surface area contributed by atoms with Gasteiger partial charge in [-0.3, -0.25) is 9.59 Å². The van der Waals surface area contributed by atoms with Crippen LogP contribution < -0.4 is 14.8 Å². The average molecular weight is 519 g/mol. The van der Waals surface area contributed by atoms with E-state index in [9.17, 15) is 9.59 Å². The van der Waals surface area contributed by atoms with Gasteiger partial charge in [0.1, 0.15) is 17.5 Å². The van der Waals surface area contributed by atoms with Crippen LogP contribution in [0.5, 0.6) is 11.5 Å². The van der Waals surface area contributed by atoms with Gasteiger partial charge in [-0.25, -0.2) is 0 Å². The first kappa shape index (κ1) is 26.7. The lowest BCUT2D eigenvalue weighted by atomic mass is 10.1. The van der Waals surface area contributed by atoms with E-state index < -0.39 is 6.04 Å². The number of aryl methyl sites for hydroxylation is 2. The van der Waals surface area contributed by atoms with Crippen molar-refractivity contribution in [2.45, 2.75) is 66.1 Å². The molecule has 0 unspecified atom stereocenters. The van der Waals surface area contributed by atoms with Crippen molar-refractivity contribution >= 4 is 27.7 Å². The number of hydrogen-bond donors (Lipinski definition) is 1. The van der Waals surface area contributed by atoms with E-state index in [1.54, 1.807) is 12.0 Å². The van der Waals surface area contributed by atoms with Gasteiger partial charge in [-0.2, -0.15) is 0 Å². The lowest BCUT2D eigenvalue weighted by Crippen LogP contribution is -2.51. The summed E-state index contributed by atoms with van der Waals surface area (Å²) in [6, 6.07) is 10.7. The van der Waals surface area contributed by atoms with E-state index in [0.29, 0.717) is 17.9 Å². The smallest absolute Gasteiger partial charge is 0.261 e. The Morgan fingerprint density at radius 2 is 1.73 bits per heavy atom. The number of rotatable bonds is 11. The second-order valence-electron chi connectivity index (χ2n) is 8.27. The Labute approximate surface area is 205 Å². The van der Waals surface area contributed by atoms with E-state index in [4.69, 9.17) is 9.47 Å². The number of benzene rings is 2. The molecule has 0 bridgehead atoms. The Morgan fingerprint density at radius 3 is 2.30 bits per heavy atom. The molecule has 0 heterocycles. The molecule has 6 nitrogen and oxygen atoms in total. The number of nitrogens with zero attached hydrogens (tertiary/aromatic N) is 1. The fourth-order valence-corrected chi connectivity index (χ4v) is 3.77. The van der Waals surface area contributed by atoms with Crippen molar-refractivity contribution in [3.05, 3.63) is 57.6 Å². The van der Waals surface area contributed by atoms with Crippen LogP contribution in [-0.2, 0) is 16.1 Å². The lowest BCUT2D eigenvalue weighted by Gasteiger charge is -2.31. The Bertz CT molecular complexity index is 940. The predicted molar refractivity (Wildman–Crippen MR) is 135 cm³/mol. The highest BCUT2D eigenvalue weighted by molar-refractivity contribution is 9.10. The molecule has 2 atom stereocenters. The molecule has 0 aromatic heterocycles. The van der Waals surface area contributed by atoms with Gasteiger partial charge in [0, 0.05) is 17.1 Å². The van der Waals surface area contributed by atoms with Gasteiger partial charge in [0.15, 0.2) is 6.61 Å². The summed E-state index contributed by atoms with van der Waals surface area (Å²) < 4.78 is 12.2. The molecule has 2 aromatic rings. The van der Waals surface area contributed by atoms with Gasteiger partial charge >= 0.3 is 0 Å². The van der Waals surface area contributed by atoms with E-state index in [1.807, 2.05) is 71.0 Å². The molecule has 7 heteroatoms. The molecule has 0 radical (unpaired) electrons. The number of amides is 2. The third kappa shape index (κ3) is 7.49. The van der Waals surface area contributed by atoms with Gasteiger partial charge in [-0.05, 0) is 74.6 Å². The molecule has 0 aliphatic heterocycles. The molecule has 0 spiro atoms. The van der Waals surface area contributed by atoms with E-state index in [1.165, 1.54) is 0 Å². The van der Waals surface area contributed by atoms with Crippen LogP contribution in [0.25, 0.3) is 0 Å². The van der Waals surface area contributed by atoms with Crippen LogP contribution in [0, 0.1) is 13.8 Å². The highest BCUT2D eigenvalue weighted by atomic mass is 79.9. The molecule has 1 N–H and O–H groups in total. The van der Waals surface area contributed by atoms with Crippen LogP contribution >= 0.6 is 15.9 Å². The Kier molecular flexibility index (Phi) is 10.2. The van der Waals surface area contributed by atoms with Gasteiger partial charge in [-0.15, -0.1) is 0 Å². The van der Waals surface area contributed by atoms with E-state index in [2.05, 4.69) is 21.2 Å². The maximum absolute atomic E-state index is 13.4. The van der Waals surface area contributed by atoms with Crippen molar-refractivity contribution in [2.24, 2.45) is 0 Å². The fraction of sp³-hybridized carbons (Fsp3) is 0.462. The van der Waals surface area contributed by atoms with Crippen molar-refractivity contribution in [2.75, 3.05) is 13.7 Å².